The zero-order valence-electron chi connectivity index (χ0n) is 12.5. The number of ether oxygens (including phenoxy) is 1. The molecule has 1 aromatic carbocycles. The van der Waals surface area contributed by atoms with Crippen molar-refractivity contribution in [3.8, 4) is 0 Å². The molecule has 0 aromatic heterocycles. The maximum Gasteiger partial charge on any atom is 0.328 e. The third-order valence-electron chi connectivity index (χ3n) is 2.92. The summed E-state index contributed by atoms with van der Waals surface area (Å²) in [5.41, 5.74) is 0. The van der Waals surface area contributed by atoms with Crippen molar-refractivity contribution in [2.24, 2.45) is 5.92 Å². The van der Waals surface area contributed by atoms with E-state index in [4.69, 9.17) is 0 Å². The minimum atomic E-state index is -1.21. The molecule has 0 saturated heterocycles. The number of hydrogen-bond acceptors (Lipinski definition) is 4. The molecule has 21 heavy (non-hydrogen) atoms. The number of methoxy groups -OCH3 is 1. The van der Waals surface area contributed by atoms with E-state index >= 15 is 0 Å². The van der Waals surface area contributed by atoms with Gasteiger partial charge in [0.1, 0.15) is 6.04 Å². The molecule has 0 fully saturated rings. The molecule has 0 spiro atoms. The molecule has 5 nitrogen and oxygen atoms in total. The first-order valence-corrected chi connectivity index (χ1v) is 8.09. The van der Waals surface area contributed by atoms with Crippen LogP contribution in [0.2, 0.25) is 0 Å². The van der Waals surface area contributed by atoms with Crippen molar-refractivity contribution in [3.05, 3.63) is 30.3 Å². The Balaban J connectivity index is 2.63. The third-order valence-corrected chi connectivity index (χ3v) is 4.33. The van der Waals surface area contributed by atoms with Gasteiger partial charge in [0.2, 0.25) is 5.91 Å². The van der Waals surface area contributed by atoms with Crippen LogP contribution in [0.1, 0.15) is 20.3 Å². The van der Waals surface area contributed by atoms with E-state index in [1.165, 1.54) is 7.11 Å². The smallest absolute Gasteiger partial charge is 0.328 e. The van der Waals surface area contributed by atoms with Gasteiger partial charge in [-0.05, 0) is 18.6 Å². The molecule has 0 bridgehead atoms. The SMILES string of the molecule is COC(=O)[C@H](CC[S@](=O)c1ccccc1)NC(=O)C(C)C. The van der Waals surface area contributed by atoms with Gasteiger partial charge in [-0.15, -0.1) is 0 Å². The van der Waals surface area contributed by atoms with E-state index in [-0.39, 0.29) is 24.0 Å². The first kappa shape index (κ1) is 17.4. The Morgan fingerprint density at radius 1 is 1.24 bits per heavy atom. The molecule has 0 heterocycles. The fourth-order valence-electron chi connectivity index (χ4n) is 1.64. The van der Waals surface area contributed by atoms with Crippen LogP contribution in [-0.2, 0) is 25.1 Å². The summed E-state index contributed by atoms with van der Waals surface area (Å²) in [6.45, 7) is 3.48. The highest BCUT2D eigenvalue weighted by atomic mass is 32.2. The lowest BCUT2D eigenvalue weighted by Gasteiger charge is -2.17. The number of hydrogen-bond donors (Lipinski definition) is 1. The van der Waals surface area contributed by atoms with Crippen molar-refractivity contribution in [2.75, 3.05) is 12.9 Å². The zero-order valence-corrected chi connectivity index (χ0v) is 13.3. The Bertz CT molecular complexity index is 502. The molecule has 1 rings (SSSR count). The van der Waals surface area contributed by atoms with Crippen molar-refractivity contribution >= 4 is 22.7 Å². The van der Waals surface area contributed by atoms with Crippen LogP contribution >= 0.6 is 0 Å². The molecule has 0 aliphatic heterocycles. The summed E-state index contributed by atoms with van der Waals surface area (Å²) >= 11 is 0. The first-order valence-electron chi connectivity index (χ1n) is 6.77. The fourth-order valence-corrected chi connectivity index (χ4v) is 2.79. The molecule has 1 N–H and O–H groups in total. The lowest BCUT2D eigenvalue weighted by atomic mass is 10.1. The van der Waals surface area contributed by atoms with Gasteiger partial charge < -0.3 is 10.1 Å². The number of nitrogens with one attached hydrogen (secondary N) is 1. The van der Waals surface area contributed by atoms with Gasteiger partial charge in [0.25, 0.3) is 0 Å². The van der Waals surface area contributed by atoms with Crippen LogP contribution < -0.4 is 5.32 Å². The number of carbonyl (C=O) groups excluding carboxylic acids is 2. The Hall–Kier alpha value is -1.69. The van der Waals surface area contributed by atoms with E-state index < -0.39 is 22.8 Å². The Labute approximate surface area is 127 Å². The highest BCUT2D eigenvalue weighted by Crippen LogP contribution is 2.09. The summed E-state index contributed by atoms with van der Waals surface area (Å²) in [5, 5.41) is 2.63. The van der Waals surface area contributed by atoms with Gasteiger partial charge in [0.15, 0.2) is 0 Å². The number of benzene rings is 1. The lowest BCUT2D eigenvalue weighted by molar-refractivity contribution is -0.145. The van der Waals surface area contributed by atoms with Gasteiger partial charge >= 0.3 is 5.97 Å². The molecule has 1 amide bonds. The molecule has 0 aliphatic rings. The van der Waals surface area contributed by atoms with E-state index in [1.807, 2.05) is 18.2 Å². The van der Waals surface area contributed by atoms with Crippen LogP contribution in [0.3, 0.4) is 0 Å². The van der Waals surface area contributed by atoms with E-state index in [9.17, 15) is 13.8 Å². The molecule has 6 heteroatoms. The van der Waals surface area contributed by atoms with E-state index in [2.05, 4.69) is 10.1 Å². The zero-order chi connectivity index (χ0) is 15.8. The van der Waals surface area contributed by atoms with Crippen LogP contribution in [0.5, 0.6) is 0 Å². The highest BCUT2D eigenvalue weighted by Gasteiger charge is 2.23. The molecule has 1 aromatic rings. The van der Waals surface area contributed by atoms with Crippen LogP contribution in [0.25, 0.3) is 0 Å². The average molecular weight is 311 g/mol. The summed E-state index contributed by atoms with van der Waals surface area (Å²) in [6, 6.07) is 8.25. The van der Waals surface area contributed by atoms with E-state index in [0.717, 1.165) is 0 Å². The number of carbonyl (C=O) groups is 2. The van der Waals surface area contributed by atoms with Gasteiger partial charge in [-0.2, -0.15) is 0 Å². The molecule has 116 valence electrons. The molecule has 0 saturated carbocycles. The lowest BCUT2D eigenvalue weighted by Crippen LogP contribution is -2.44. The minimum absolute atomic E-state index is 0.225. The Morgan fingerprint density at radius 3 is 2.38 bits per heavy atom. The number of rotatable bonds is 7. The quantitative estimate of drug-likeness (QED) is 0.775. The molecule has 2 atom stereocenters. The third kappa shape index (κ3) is 5.67. The Kier molecular flexibility index (Phi) is 7.08. The van der Waals surface area contributed by atoms with Crippen LogP contribution in [0.15, 0.2) is 35.2 Å². The second-order valence-electron chi connectivity index (χ2n) is 4.89. The van der Waals surface area contributed by atoms with Crippen molar-refractivity contribution in [3.63, 3.8) is 0 Å². The van der Waals surface area contributed by atoms with Gasteiger partial charge in [0.05, 0.1) is 17.9 Å². The van der Waals surface area contributed by atoms with E-state index in [0.29, 0.717) is 4.90 Å². The van der Waals surface area contributed by atoms with Crippen LogP contribution in [-0.4, -0.2) is 35.0 Å². The predicted octanol–water partition coefficient (Wildman–Crippen LogP) is 1.50. The second-order valence-corrected chi connectivity index (χ2v) is 6.46. The first-order chi connectivity index (χ1) is 9.95. The van der Waals surface area contributed by atoms with Gasteiger partial charge in [-0.25, -0.2) is 4.79 Å². The molecule has 0 unspecified atom stereocenters. The normalized spacial score (nSPS) is 13.5. The average Bonchev–Trinajstić information content (AvgIpc) is 2.50. The summed E-state index contributed by atoms with van der Waals surface area (Å²) in [7, 11) is 0.0618. The summed E-state index contributed by atoms with van der Waals surface area (Å²) in [4.78, 5) is 24.1. The van der Waals surface area contributed by atoms with Crippen LogP contribution in [0.4, 0.5) is 0 Å². The summed E-state index contributed by atoms with van der Waals surface area (Å²) < 4.78 is 16.8. The van der Waals surface area contributed by atoms with Crippen molar-refractivity contribution < 1.29 is 18.5 Å². The standard InChI is InChI=1S/C15H21NO4S/c1-11(2)14(17)16-13(15(18)20-3)9-10-21(19)12-7-5-4-6-8-12/h4-8,11,13H,9-10H2,1-3H3,(H,16,17)/t13-,21-/m0/s1. The maximum atomic E-state index is 12.1. The minimum Gasteiger partial charge on any atom is -0.467 e. The van der Waals surface area contributed by atoms with Crippen molar-refractivity contribution in [1.82, 2.24) is 5.32 Å². The Morgan fingerprint density at radius 2 is 1.86 bits per heavy atom. The largest absolute Gasteiger partial charge is 0.467 e. The molecule has 0 aliphatic carbocycles. The highest BCUT2D eigenvalue weighted by molar-refractivity contribution is 7.85. The number of amides is 1. The predicted molar refractivity (Wildman–Crippen MR) is 81.1 cm³/mol. The molecule has 0 radical (unpaired) electrons. The van der Waals surface area contributed by atoms with Gasteiger partial charge in [-0.1, -0.05) is 32.0 Å². The second kappa shape index (κ2) is 8.56. The number of esters is 1. The van der Waals surface area contributed by atoms with Crippen molar-refractivity contribution in [2.45, 2.75) is 31.2 Å². The molecular formula is C15H21NO4S. The maximum absolute atomic E-state index is 12.1. The monoisotopic (exact) mass is 311 g/mol. The van der Waals surface area contributed by atoms with Gasteiger partial charge in [-0.3, -0.25) is 9.00 Å². The molecular weight excluding hydrogens is 290 g/mol. The summed E-state index contributed by atoms with van der Waals surface area (Å²) in [5.74, 6) is -0.691. The van der Waals surface area contributed by atoms with E-state index in [1.54, 1.807) is 26.0 Å². The van der Waals surface area contributed by atoms with Gasteiger partial charge in [0, 0.05) is 16.6 Å². The van der Waals surface area contributed by atoms with Crippen LogP contribution in [0, 0.1) is 5.92 Å². The topological polar surface area (TPSA) is 72.5 Å². The van der Waals surface area contributed by atoms with Crippen molar-refractivity contribution in [1.29, 1.82) is 0 Å². The fraction of sp³-hybridized carbons (Fsp3) is 0.467. The summed E-state index contributed by atoms with van der Waals surface area (Å²) in [6.07, 6.45) is 0.270.